The van der Waals surface area contributed by atoms with E-state index in [-0.39, 0.29) is 5.97 Å². The maximum absolute atomic E-state index is 11.5. The van der Waals surface area contributed by atoms with E-state index in [4.69, 9.17) is 14.7 Å². The SMILES string of the molecule is CC(C)(C)OC(=O)CSCCCOc1ccc(C#N)cc1. The molecular formula is C16H21NO3S. The Morgan fingerprint density at radius 3 is 2.52 bits per heavy atom. The van der Waals surface area contributed by atoms with Crippen molar-refractivity contribution in [1.82, 2.24) is 0 Å². The largest absolute Gasteiger partial charge is 0.494 e. The second-order valence-corrected chi connectivity index (χ2v) is 6.58. The Balaban J connectivity index is 2.09. The van der Waals surface area contributed by atoms with Crippen LogP contribution in [0.3, 0.4) is 0 Å². The van der Waals surface area contributed by atoms with Crippen molar-refractivity contribution in [2.75, 3.05) is 18.1 Å². The molecule has 1 aromatic rings. The molecule has 0 atom stereocenters. The van der Waals surface area contributed by atoms with Crippen molar-refractivity contribution in [1.29, 1.82) is 5.26 Å². The first-order chi connectivity index (χ1) is 9.90. The Kier molecular flexibility index (Phi) is 7.10. The van der Waals surface area contributed by atoms with Crippen LogP contribution in [-0.2, 0) is 9.53 Å². The monoisotopic (exact) mass is 307 g/mol. The lowest BCUT2D eigenvalue weighted by Crippen LogP contribution is -2.25. The summed E-state index contributed by atoms with van der Waals surface area (Å²) < 4.78 is 10.8. The first kappa shape index (κ1) is 17.4. The molecule has 0 heterocycles. The topological polar surface area (TPSA) is 59.3 Å². The number of benzene rings is 1. The van der Waals surface area contributed by atoms with E-state index >= 15 is 0 Å². The molecule has 0 amide bonds. The highest BCUT2D eigenvalue weighted by Crippen LogP contribution is 2.13. The van der Waals surface area contributed by atoms with Gasteiger partial charge in [0.2, 0.25) is 0 Å². The van der Waals surface area contributed by atoms with Gasteiger partial charge in [-0.2, -0.15) is 17.0 Å². The number of esters is 1. The normalized spacial score (nSPS) is 10.8. The molecule has 21 heavy (non-hydrogen) atoms. The first-order valence-electron chi connectivity index (χ1n) is 6.83. The van der Waals surface area contributed by atoms with Crippen molar-refractivity contribution in [3.8, 4) is 11.8 Å². The van der Waals surface area contributed by atoms with Crippen LogP contribution >= 0.6 is 11.8 Å². The van der Waals surface area contributed by atoms with E-state index in [1.54, 1.807) is 36.0 Å². The minimum Gasteiger partial charge on any atom is -0.494 e. The van der Waals surface area contributed by atoms with Crippen LogP contribution in [0.15, 0.2) is 24.3 Å². The summed E-state index contributed by atoms with van der Waals surface area (Å²) in [7, 11) is 0. The summed E-state index contributed by atoms with van der Waals surface area (Å²) in [5.74, 6) is 1.79. The zero-order valence-electron chi connectivity index (χ0n) is 12.7. The molecule has 0 saturated carbocycles. The van der Waals surface area contributed by atoms with Gasteiger partial charge in [-0.15, -0.1) is 0 Å². The predicted octanol–water partition coefficient (Wildman–Crippen LogP) is 3.40. The molecule has 1 aromatic carbocycles. The number of nitrogens with zero attached hydrogens (tertiary/aromatic N) is 1. The number of carbonyl (C=O) groups is 1. The van der Waals surface area contributed by atoms with Crippen molar-refractivity contribution >= 4 is 17.7 Å². The Hall–Kier alpha value is -1.67. The first-order valence-corrected chi connectivity index (χ1v) is 7.99. The number of hydrogen-bond acceptors (Lipinski definition) is 5. The zero-order chi connectivity index (χ0) is 15.7. The van der Waals surface area contributed by atoms with Crippen molar-refractivity contribution in [2.45, 2.75) is 32.8 Å². The molecule has 114 valence electrons. The number of hydrogen-bond donors (Lipinski definition) is 0. The van der Waals surface area contributed by atoms with Crippen molar-refractivity contribution in [3.63, 3.8) is 0 Å². The lowest BCUT2D eigenvalue weighted by molar-refractivity contribution is -0.151. The third-order valence-electron chi connectivity index (χ3n) is 2.33. The van der Waals surface area contributed by atoms with Gasteiger partial charge in [0.05, 0.1) is 24.0 Å². The maximum Gasteiger partial charge on any atom is 0.316 e. The molecule has 0 unspecified atom stereocenters. The summed E-state index contributed by atoms with van der Waals surface area (Å²) in [5, 5.41) is 8.69. The minimum absolute atomic E-state index is 0.180. The molecule has 0 N–H and O–H groups in total. The van der Waals surface area contributed by atoms with E-state index < -0.39 is 5.60 Å². The van der Waals surface area contributed by atoms with Crippen LogP contribution < -0.4 is 4.74 Å². The van der Waals surface area contributed by atoms with Crippen LogP contribution in [0.1, 0.15) is 32.8 Å². The average molecular weight is 307 g/mol. The van der Waals surface area contributed by atoms with Gasteiger partial charge in [-0.05, 0) is 57.2 Å². The number of carbonyl (C=O) groups excluding carboxylic acids is 1. The summed E-state index contributed by atoms with van der Waals surface area (Å²) >= 11 is 1.55. The smallest absolute Gasteiger partial charge is 0.316 e. The zero-order valence-corrected chi connectivity index (χ0v) is 13.5. The Morgan fingerprint density at radius 2 is 1.95 bits per heavy atom. The Bertz CT molecular complexity index is 486. The van der Waals surface area contributed by atoms with E-state index in [2.05, 4.69) is 6.07 Å². The Morgan fingerprint density at radius 1 is 1.29 bits per heavy atom. The van der Waals surface area contributed by atoms with E-state index in [0.717, 1.165) is 17.9 Å². The quantitative estimate of drug-likeness (QED) is 0.571. The lowest BCUT2D eigenvalue weighted by atomic mass is 10.2. The van der Waals surface area contributed by atoms with Gasteiger partial charge in [0, 0.05) is 0 Å². The van der Waals surface area contributed by atoms with Gasteiger partial charge >= 0.3 is 5.97 Å². The van der Waals surface area contributed by atoms with Crippen LogP contribution in [0.4, 0.5) is 0 Å². The van der Waals surface area contributed by atoms with E-state index in [1.807, 2.05) is 20.8 Å². The number of nitriles is 1. The van der Waals surface area contributed by atoms with Crippen molar-refractivity contribution < 1.29 is 14.3 Å². The highest BCUT2D eigenvalue weighted by Gasteiger charge is 2.15. The fraction of sp³-hybridized carbons (Fsp3) is 0.500. The number of ether oxygens (including phenoxy) is 2. The summed E-state index contributed by atoms with van der Waals surface area (Å²) in [6, 6.07) is 9.09. The molecule has 0 radical (unpaired) electrons. The van der Waals surface area contributed by atoms with Crippen LogP contribution in [-0.4, -0.2) is 29.7 Å². The summed E-state index contributed by atoms with van der Waals surface area (Å²) in [6.07, 6.45) is 0.855. The molecule has 0 aliphatic rings. The second-order valence-electron chi connectivity index (χ2n) is 5.48. The van der Waals surface area contributed by atoms with E-state index in [9.17, 15) is 4.79 Å². The van der Waals surface area contributed by atoms with E-state index in [1.165, 1.54) is 0 Å². The molecule has 4 nitrogen and oxygen atoms in total. The molecule has 0 aromatic heterocycles. The van der Waals surface area contributed by atoms with Gasteiger partial charge in [0.25, 0.3) is 0 Å². The number of rotatable bonds is 7. The van der Waals surface area contributed by atoms with Crippen molar-refractivity contribution in [3.05, 3.63) is 29.8 Å². The van der Waals surface area contributed by atoms with Gasteiger partial charge in [-0.25, -0.2) is 0 Å². The third-order valence-corrected chi connectivity index (χ3v) is 3.34. The third kappa shape index (κ3) is 8.26. The molecule has 1 rings (SSSR count). The van der Waals surface area contributed by atoms with Gasteiger partial charge in [-0.1, -0.05) is 0 Å². The average Bonchev–Trinajstić information content (AvgIpc) is 2.41. The summed E-state index contributed by atoms with van der Waals surface area (Å²) in [6.45, 7) is 6.18. The molecule has 0 fully saturated rings. The van der Waals surface area contributed by atoms with Gasteiger partial charge in [-0.3, -0.25) is 4.79 Å². The number of thioether (sulfide) groups is 1. The van der Waals surface area contributed by atoms with Gasteiger partial charge in [0.1, 0.15) is 11.4 Å². The summed E-state index contributed by atoms with van der Waals surface area (Å²) in [4.78, 5) is 11.5. The molecule has 0 saturated heterocycles. The molecule has 0 bridgehead atoms. The lowest BCUT2D eigenvalue weighted by Gasteiger charge is -2.19. The Labute approximate surface area is 130 Å². The van der Waals surface area contributed by atoms with E-state index in [0.29, 0.717) is 17.9 Å². The highest BCUT2D eigenvalue weighted by molar-refractivity contribution is 7.99. The van der Waals surface area contributed by atoms with Crippen molar-refractivity contribution in [2.24, 2.45) is 0 Å². The second kappa shape index (κ2) is 8.58. The minimum atomic E-state index is -0.420. The fourth-order valence-corrected chi connectivity index (χ4v) is 2.20. The molecule has 5 heteroatoms. The van der Waals surface area contributed by atoms with Crippen LogP contribution in [0.5, 0.6) is 5.75 Å². The molecular weight excluding hydrogens is 286 g/mol. The molecule has 0 spiro atoms. The van der Waals surface area contributed by atoms with Gasteiger partial charge in [0.15, 0.2) is 0 Å². The predicted molar refractivity (Wildman–Crippen MR) is 84.4 cm³/mol. The molecule has 0 aliphatic heterocycles. The van der Waals surface area contributed by atoms with Crippen LogP contribution in [0.2, 0.25) is 0 Å². The van der Waals surface area contributed by atoms with Gasteiger partial charge < -0.3 is 9.47 Å². The standard InChI is InChI=1S/C16H21NO3S/c1-16(2,3)20-15(18)12-21-10-4-9-19-14-7-5-13(11-17)6-8-14/h5-8H,4,9-10,12H2,1-3H3. The summed E-state index contributed by atoms with van der Waals surface area (Å²) in [5.41, 5.74) is 0.200. The van der Waals surface area contributed by atoms with Crippen LogP contribution in [0.25, 0.3) is 0 Å². The fourth-order valence-electron chi connectivity index (χ4n) is 1.50. The highest BCUT2D eigenvalue weighted by atomic mass is 32.2. The maximum atomic E-state index is 11.5. The van der Waals surface area contributed by atoms with Crippen LogP contribution in [0, 0.1) is 11.3 Å². The molecule has 0 aliphatic carbocycles.